The van der Waals surface area contributed by atoms with Crippen LogP contribution >= 0.6 is 11.8 Å². The van der Waals surface area contributed by atoms with Crippen molar-refractivity contribution in [2.75, 3.05) is 27.1 Å². The lowest BCUT2D eigenvalue weighted by Crippen LogP contribution is -2.05. The molecule has 0 bridgehead atoms. The fourth-order valence-electron chi connectivity index (χ4n) is 3.34. The monoisotopic (exact) mass is 461 g/mol. The quantitative estimate of drug-likeness (QED) is 0.258. The average Bonchev–Trinajstić information content (AvgIpc) is 3.31. The highest BCUT2D eigenvalue weighted by atomic mass is 32.2. The smallest absolute Gasteiger partial charge is 0.196 e. The van der Waals surface area contributed by atoms with Crippen LogP contribution in [-0.4, -0.2) is 47.6 Å². The first kappa shape index (κ1) is 22.4. The number of rotatable bonds is 9. The normalized spacial score (nSPS) is 10.6. The summed E-state index contributed by atoms with van der Waals surface area (Å²) >= 11 is 1.32. The van der Waals surface area contributed by atoms with Gasteiger partial charge in [-0.15, -0.1) is 10.2 Å². The van der Waals surface area contributed by atoms with Crippen LogP contribution in [0.1, 0.15) is 10.4 Å². The van der Waals surface area contributed by atoms with E-state index in [4.69, 9.17) is 14.2 Å². The van der Waals surface area contributed by atoms with Gasteiger partial charge < -0.3 is 14.2 Å². The number of para-hydroxylation sites is 1. The Morgan fingerprint density at radius 3 is 2.33 bits per heavy atom. The maximum Gasteiger partial charge on any atom is 0.196 e. The summed E-state index contributed by atoms with van der Waals surface area (Å²) in [6.45, 7) is 0. The minimum Gasteiger partial charge on any atom is -0.497 e. The molecule has 0 radical (unpaired) electrons. The van der Waals surface area contributed by atoms with Gasteiger partial charge in [-0.1, -0.05) is 36.0 Å². The second-order valence-corrected chi connectivity index (χ2v) is 7.93. The van der Waals surface area contributed by atoms with Crippen molar-refractivity contribution in [3.63, 3.8) is 0 Å². The Morgan fingerprint density at radius 1 is 0.848 bits per heavy atom. The third kappa shape index (κ3) is 4.85. The van der Waals surface area contributed by atoms with E-state index in [2.05, 4.69) is 10.2 Å². The average molecular weight is 462 g/mol. The fraction of sp³-hybridized carbons (Fsp3) is 0.160. The van der Waals surface area contributed by atoms with Gasteiger partial charge in [0.15, 0.2) is 16.8 Å². The van der Waals surface area contributed by atoms with E-state index in [-0.39, 0.29) is 11.5 Å². The number of nitrogens with zero attached hydrogens (tertiary/aromatic N) is 3. The molecular weight excluding hydrogens is 438 g/mol. The van der Waals surface area contributed by atoms with E-state index in [1.165, 1.54) is 11.8 Å². The number of Topliss-reactive ketones (excluding diaryl/α,β-unsaturated/α-hetero) is 1. The molecule has 0 saturated carbocycles. The number of hydrogen-bond acceptors (Lipinski definition) is 7. The Kier molecular flexibility index (Phi) is 6.95. The summed E-state index contributed by atoms with van der Waals surface area (Å²) in [6.07, 6.45) is 0. The third-order valence-corrected chi connectivity index (χ3v) is 5.96. The third-order valence-electron chi connectivity index (χ3n) is 5.04. The first-order valence-corrected chi connectivity index (χ1v) is 11.2. The molecule has 0 N–H and O–H groups in total. The molecule has 3 aromatic carbocycles. The Morgan fingerprint density at radius 2 is 1.61 bits per heavy atom. The second kappa shape index (κ2) is 10.2. The molecule has 33 heavy (non-hydrogen) atoms. The van der Waals surface area contributed by atoms with Crippen LogP contribution in [0.2, 0.25) is 0 Å². The van der Waals surface area contributed by atoms with Crippen LogP contribution in [0, 0.1) is 0 Å². The van der Waals surface area contributed by atoms with Crippen molar-refractivity contribution in [1.29, 1.82) is 0 Å². The first-order chi connectivity index (χ1) is 16.1. The Balaban J connectivity index is 1.70. The van der Waals surface area contributed by atoms with Crippen molar-refractivity contribution < 1.29 is 19.0 Å². The van der Waals surface area contributed by atoms with E-state index in [1.807, 2.05) is 59.2 Å². The van der Waals surface area contributed by atoms with Crippen molar-refractivity contribution in [2.45, 2.75) is 5.16 Å². The summed E-state index contributed by atoms with van der Waals surface area (Å²) in [7, 11) is 4.82. The second-order valence-electron chi connectivity index (χ2n) is 6.98. The SMILES string of the molecule is COc1ccc(-n2c(SCC(=O)c3cccc(OC)c3)nnc2-c2ccccc2OC)cc1. The van der Waals surface area contributed by atoms with Crippen LogP contribution in [0.5, 0.6) is 17.2 Å². The number of hydrogen-bond donors (Lipinski definition) is 0. The maximum absolute atomic E-state index is 12.8. The molecule has 168 valence electrons. The number of ketones is 1. The van der Waals surface area contributed by atoms with Gasteiger partial charge in [0, 0.05) is 5.56 Å². The molecule has 0 fully saturated rings. The van der Waals surface area contributed by atoms with Gasteiger partial charge in [0.1, 0.15) is 17.2 Å². The van der Waals surface area contributed by atoms with Gasteiger partial charge in [-0.2, -0.15) is 0 Å². The topological polar surface area (TPSA) is 75.5 Å². The van der Waals surface area contributed by atoms with Crippen LogP contribution in [0.4, 0.5) is 0 Å². The molecule has 0 amide bonds. The van der Waals surface area contributed by atoms with Crippen LogP contribution in [-0.2, 0) is 0 Å². The van der Waals surface area contributed by atoms with Gasteiger partial charge in [-0.05, 0) is 48.5 Å². The molecule has 0 atom stereocenters. The summed E-state index contributed by atoms with van der Waals surface area (Å²) < 4.78 is 18.0. The molecule has 4 rings (SSSR count). The maximum atomic E-state index is 12.8. The van der Waals surface area contributed by atoms with Gasteiger partial charge in [0.2, 0.25) is 0 Å². The predicted octanol–water partition coefficient (Wildman–Crippen LogP) is 4.94. The molecule has 0 aliphatic heterocycles. The van der Waals surface area contributed by atoms with Crippen LogP contribution in [0.3, 0.4) is 0 Å². The van der Waals surface area contributed by atoms with Crippen LogP contribution in [0.25, 0.3) is 17.1 Å². The fourth-order valence-corrected chi connectivity index (χ4v) is 4.19. The van der Waals surface area contributed by atoms with Gasteiger partial charge in [-0.25, -0.2) is 0 Å². The molecule has 0 aliphatic rings. The largest absolute Gasteiger partial charge is 0.497 e. The number of carbonyl (C=O) groups is 1. The van der Waals surface area contributed by atoms with Crippen molar-refractivity contribution in [1.82, 2.24) is 14.8 Å². The highest BCUT2D eigenvalue weighted by molar-refractivity contribution is 7.99. The van der Waals surface area contributed by atoms with Crippen molar-refractivity contribution >= 4 is 17.5 Å². The molecule has 4 aromatic rings. The van der Waals surface area contributed by atoms with Crippen molar-refractivity contribution in [3.8, 4) is 34.3 Å². The summed E-state index contributed by atoms with van der Waals surface area (Å²) in [4.78, 5) is 12.8. The number of ether oxygens (including phenoxy) is 3. The molecule has 7 nitrogen and oxygen atoms in total. The van der Waals surface area contributed by atoms with E-state index in [9.17, 15) is 4.79 Å². The van der Waals surface area contributed by atoms with E-state index in [0.29, 0.717) is 28.0 Å². The highest BCUT2D eigenvalue weighted by Gasteiger charge is 2.20. The van der Waals surface area contributed by atoms with Crippen molar-refractivity contribution in [3.05, 3.63) is 78.4 Å². The number of carbonyl (C=O) groups excluding carboxylic acids is 1. The molecule has 8 heteroatoms. The zero-order valence-corrected chi connectivity index (χ0v) is 19.3. The molecule has 0 aliphatic carbocycles. The van der Waals surface area contributed by atoms with Gasteiger partial charge in [0.05, 0.1) is 38.3 Å². The van der Waals surface area contributed by atoms with Gasteiger partial charge in [0.25, 0.3) is 0 Å². The number of benzene rings is 3. The lowest BCUT2D eigenvalue weighted by Gasteiger charge is -2.13. The van der Waals surface area contributed by atoms with E-state index in [0.717, 1.165) is 17.0 Å². The number of methoxy groups -OCH3 is 3. The summed E-state index contributed by atoms with van der Waals surface area (Å²) in [5.74, 6) is 2.87. The number of thioether (sulfide) groups is 1. The minimum atomic E-state index is -0.0259. The van der Waals surface area contributed by atoms with Gasteiger partial charge >= 0.3 is 0 Å². The molecule has 0 spiro atoms. The number of aromatic nitrogens is 3. The summed E-state index contributed by atoms with van der Waals surface area (Å²) in [5.41, 5.74) is 2.23. The zero-order chi connectivity index (χ0) is 23.2. The molecular formula is C25H23N3O4S. The molecule has 0 unspecified atom stereocenters. The zero-order valence-electron chi connectivity index (χ0n) is 18.5. The minimum absolute atomic E-state index is 0.0259. The Bertz CT molecular complexity index is 1250. The Hall–Kier alpha value is -3.78. The van der Waals surface area contributed by atoms with E-state index >= 15 is 0 Å². The van der Waals surface area contributed by atoms with Crippen molar-refractivity contribution in [2.24, 2.45) is 0 Å². The summed E-state index contributed by atoms with van der Waals surface area (Å²) in [5, 5.41) is 9.43. The predicted molar refractivity (Wildman–Crippen MR) is 128 cm³/mol. The Labute approximate surface area is 196 Å². The molecule has 1 heterocycles. The van der Waals surface area contributed by atoms with Crippen LogP contribution in [0.15, 0.2) is 78.0 Å². The standard InChI is InChI=1S/C25H23N3O4S/c1-30-19-13-11-18(12-14-19)28-24(21-9-4-5-10-23(21)32-3)26-27-25(28)33-16-22(29)17-7-6-8-20(15-17)31-2/h4-15H,16H2,1-3H3. The van der Waals surface area contributed by atoms with E-state index < -0.39 is 0 Å². The summed E-state index contributed by atoms with van der Waals surface area (Å²) in [6, 6.07) is 22.3. The molecule has 0 saturated heterocycles. The highest BCUT2D eigenvalue weighted by Crippen LogP contribution is 2.33. The molecule has 1 aromatic heterocycles. The first-order valence-electron chi connectivity index (χ1n) is 10.2. The van der Waals surface area contributed by atoms with Gasteiger partial charge in [-0.3, -0.25) is 9.36 Å². The lowest BCUT2D eigenvalue weighted by molar-refractivity contribution is 0.102. The van der Waals surface area contributed by atoms with E-state index in [1.54, 1.807) is 39.5 Å². The lowest BCUT2D eigenvalue weighted by atomic mass is 10.1. The van der Waals surface area contributed by atoms with Crippen LogP contribution < -0.4 is 14.2 Å².